The molecule has 24 heavy (non-hydrogen) atoms. The molecule has 0 fully saturated rings. The van der Waals surface area contributed by atoms with Gasteiger partial charge in [-0.1, -0.05) is 6.92 Å². The van der Waals surface area contributed by atoms with Crippen LogP contribution in [0.25, 0.3) is 0 Å². The van der Waals surface area contributed by atoms with Gasteiger partial charge in [0.25, 0.3) is 10.0 Å². The van der Waals surface area contributed by atoms with Crippen LogP contribution in [0.5, 0.6) is 0 Å². The summed E-state index contributed by atoms with van der Waals surface area (Å²) < 4.78 is 40.3. The number of thioether (sulfide) groups is 1. The van der Waals surface area contributed by atoms with Crippen molar-refractivity contribution < 1.29 is 17.6 Å². The Labute approximate surface area is 143 Å². The molecular weight excluding hydrogens is 351 g/mol. The molecule has 1 atom stereocenters. The van der Waals surface area contributed by atoms with E-state index in [0.29, 0.717) is 12.1 Å². The second kappa shape index (κ2) is 6.45. The fourth-order valence-electron chi connectivity index (χ4n) is 2.33. The van der Waals surface area contributed by atoms with E-state index in [1.54, 1.807) is 6.07 Å². The summed E-state index contributed by atoms with van der Waals surface area (Å²) in [5.74, 6) is -0.591. The number of fused-ring (bicyclic) bond motifs is 1. The summed E-state index contributed by atoms with van der Waals surface area (Å²) in [4.78, 5) is 12.7. The molecule has 2 aromatic rings. The third kappa shape index (κ3) is 3.70. The minimum absolute atomic E-state index is 0.0287. The van der Waals surface area contributed by atoms with E-state index in [-0.39, 0.29) is 21.7 Å². The number of rotatable bonds is 3. The fraction of sp³-hybridized carbons (Fsp3) is 0.188. The molecule has 126 valence electrons. The van der Waals surface area contributed by atoms with E-state index in [4.69, 9.17) is 0 Å². The monoisotopic (exact) mass is 366 g/mol. The van der Waals surface area contributed by atoms with Crippen LogP contribution in [0.2, 0.25) is 0 Å². The molecule has 2 N–H and O–H groups in total. The third-order valence-corrected chi connectivity index (χ3v) is 5.99. The Morgan fingerprint density at radius 2 is 1.92 bits per heavy atom. The van der Waals surface area contributed by atoms with Crippen LogP contribution >= 0.6 is 11.8 Å². The van der Waals surface area contributed by atoms with Crippen LogP contribution in [0.15, 0.2) is 52.3 Å². The molecule has 3 rings (SSSR count). The van der Waals surface area contributed by atoms with Crippen LogP contribution in [0, 0.1) is 5.82 Å². The number of hydrogen-bond donors (Lipinski definition) is 2. The van der Waals surface area contributed by atoms with Gasteiger partial charge in [-0.3, -0.25) is 9.52 Å². The summed E-state index contributed by atoms with van der Waals surface area (Å²) in [6.45, 7) is 1.94. The highest BCUT2D eigenvalue weighted by Gasteiger charge is 2.22. The zero-order valence-electron chi connectivity index (χ0n) is 12.7. The molecule has 1 aliphatic rings. The zero-order valence-corrected chi connectivity index (χ0v) is 14.4. The van der Waals surface area contributed by atoms with Crippen molar-refractivity contribution in [3.63, 3.8) is 0 Å². The second-order valence-electron chi connectivity index (χ2n) is 5.45. The minimum atomic E-state index is -3.84. The molecule has 0 bridgehead atoms. The number of amides is 1. The molecule has 0 aromatic heterocycles. The number of anilines is 2. The van der Waals surface area contributed by atoms with Gasteiger partial charge in [0.1, 0.15) is 5.82 Å². The highest BCUT2D eigenvalue weighted by Crippen LogP contribution is 2.36. The van der Waals surface area contributed by atoms with E-state index in [1.165, 1.54) is 48.2 Å². The molecule has 0 saturated carbocycles. The number of halogens is 1. The molecule has 2 aromatic carbocycles. The van der Waals surface area contributed by atoms with Gasteiger partial charge >= 0.3 is 0 Å². The van der Waals surface area contributed by atoms with Crippen molar-refractivity contribution in [2.45, 2.75) is 28.4 Å². The SMILES string of the molecule is CC1CC(=O)Nc2cc(S(=O)(=O)Nc3ccc(F)cc3)ccc2S1. The number of sulfonamides is 1. The predicted octanol–water partition coefficient (Wildman–Crippen LogP) is 3.45. The predicted molar refractivity (Wildman–Crippen MR) is 92.2 cm³/mol. The highest BCUT2D eigenvalue weighted by molar-refractivity contribution is 8.00. The fourth-order valence-corrected chi connectivity index (χ4v) is 4.47. The zero-order chi connectivity index (χ0) is 17.3. The lowest BCUT2D eigenvalue weighted by Gasteiger charge is -2.12. The Kier molecular flexibility index (Phi) is 4.51. The Morgan fingerprint density at radius 3 is 2.62 bits per heavy atom. The second-order valence-corrected chi connectivity index (χ2v) is 8.61. The van der Waals surface area contributed by atoms with Crippen molar-refractivity contribution >= 4 is 39.1 Å². The summed E-state index contributed by atoms with van der Waals surface area (Å²) in [7, 11) is -3.84. The third-order valence-electron chi connectivity index (χ3n) is 3.43. The van der Waals surface area contributed by atoms with E-state index in [2.05, 4.69) is 10.0 Å². The number of carbonyl (C=O) groups excluding carboxylic acids is 1. The number of carbonyl (C=O) groups is 1. The first-order valence-electron chi connectivity index (χ1n) is 7.22. The summed E-state index contributed by atoms with van der Waals surface area (Å²) >= 11 is 1.52. The minimum Gasteiger partial charge on any atom is -0.325 e. The van der Waals surface area contributed by atoms with Gasteiger partial charge in [-0.2, -0.15) is 0 Å². The van der Waals surface area contributed by atoms with Crippen LogP contribution in [0.1, 0.15) is 13.3 Å². The summed E-state index contributed by atoms with van der Waals surface area (Å²) in [6, 6.07) is 9.64. The Bertz CT molecular complexity index is 883. The maximum atomic E-state index is 12.9. The quantitative estimate of drug-likeness (QED) is 0.872. The Morgan fingerprint density at radius 1 is 1.21 bits per heavy atom. The standard InChI is InChI=1S/C16H15FN2O3S2/c1-10-8-16(20)18-14-9-13(6-7-15(14)23-10)24(21,22)19-12-4-2-11(17)3-5-12/h2-7,9-10,19H,8H2,1H3,(H,18,20). The molecule has 0 aliphatic carbocycles. The molecule has 8 heteroatoms. The van der Waals surface area contributed by atoms with Gasteiger partial charge in [0, 0.05) is 22.3 Å². The topological polar surface area (TPSA) is 75.3 Å². The van der Waals surface area contributed by atoms with E-state index in [9.17, 15) is 17.6 Å². The number of hydrogen-bond acceptors (Lipinski definition) is 4. The molecule has 0 radical (unpaired) electrons. The van der Waals surface area contributed by atoms with Crippen molar-refractivity contribution in [1.29, 1.82) is 0 Å². The van der Waals surface area contributed by atoms with Gasteiger partial charge < -0.3 is 5.32 Å². The van der Waals surface area contributed by atoms with Gasteiger partial charge in [0.15, 0.2) is 0 Å². The first-order chi connectivity index (χ1) is 11.3. The molecule has 5 nitrogen and oxygen atoms in total. The van der Waals surface area contributed by atoms with Crippen LogP contribution in [0.3, 0.4) is 0 Å². The molecule has 1 amide bonds. The lowest BCUT2D eigenvalue weighted by atomic mass is 10.3. The average Bonchev–Trinajstić information content (AvgIpc) is 2.64. The Balaban J connectivity index is 1.91. The highest BCUT2D eigenvalue weighted by atomic mass is 32.2. The van der Waals surface area contributed by atoms with Crippen LogP contribution < -0.4 is 10.0 Å². The smallest absolute Gasteiger partial charge is 0.261 e. The molecule has 1 unspecified atom stereocenters. The number of benzene rings is 2. The number of nitrogens with one attached hydrogen (secondary N) is 2. The van der Waals surface area contributed by atoms with E-state index in [0.717, 1.165) is 4.90 Å². The van der Waals surface area contributed by atoms with Crippen molar-refractivity contribution in [2.24, 2.45) is 0 Å². The first-order valence-corrected chi connectivity index (χ1v) is 9.59. The van der Waals surface area contributed by atoms with Crippen LogP contribution in [-0.2, 0) is 14.8 Å². The lowest BCUT2D eigenvalue weighted by Crippen LogP contribution is -2.15. The summed E-state index contributed by atoms with van der Waals surface area (Å²) in [6.07, 6.45) is 0.370. The van der Waals surface area contributed by atoms with E-state index in [1.807, 2.05) is 6.92 Å². The molecule has 0 saturated heterocycles. The van der Waals surface area contributed by atoms with Gasteiger partial charge in [-0.05, 0) is 42.5 Å². The summed E-state index contributed by atoms with van der Waals surface area (Å²) in [5, 5.41) is 2.85. The van der Waals surface area contributed by atoms with Crippen molar-refractivity contribution in [2.75, 3.05) is 10.0 Å². The molecular formula is C16H15FN2O3S2. The maximum Gasteiger partial charge on any atom is 0.261 e. The van der Waals surface area contributed by atoms with Crippen molar-refractivity contribution in [1.82, 2.24) is 0 Å². The molecule has 1 aliphatic heterocycles. The molecule has 0 spiro atoms. The van der Waals surface area contributed by atoms with Crippen molar-refractivity contribution in [3.8, 4) is 0 Å². The van der Waals surface area contributed by atoms with Gasteiger partial charge in [-0.15, -0.1) is 11.8 Å². The van der Waals surface area contributed by atoms with Crippen LogP contribution in [0.4, 0.5) is 15.8 Å². The van der Waals surface area contributed by atoms with Gasteiger partial charge in [0.2, 0.25) is 5.91 Å². The largest absolute Gasteiger partial charge is 0.325 e. The Hall–Kier alpha value is -2.06. The van der Waals surface area contributed by atoms with Gasteiger partial charge in [-0.25, -0.2) is 12.8 Å². The van der Waals surface area contributed by atoms with Gasteiger partial charge in [0.05, 0.1) is 10.6 Å². The first kappa shape index (κ1) is 16.8. The lowest BCUT2D eigenvalue weighted by molar-refractivity contribution is -0.116. The van der Waals surface area contributed by atoms with E-state index < -0.39 is 15.8 Å². The van der Waals surface area contributed by atoms with E-state index >= 15 is 0 Å². The van der Waals surface area contributed by atoms with Crippen molar-refractivity contribution in [3.05, 3.63) is 48.3 Å². The normalized spacial score (nSPS) is 17.6. The maximum absolute atomic E-state index is 12.9. The van der Waals surface area contributed by atoms with Crippen LogP contribution in [-0.4, -0.2) is 19.6 Å². The summed E-state index contributed by atoms with van der Waals surface area (Å²) in [5.41, 5.74) is 0.745. The molecule has 1 heterocycles. The average molecular weight is 366 g/mol.